The molecule has 0 fully saturated rings. The second kappa shape index (κ2) is 10.9. The molecule has 3 aromatic heterocycles. The number of benzene rings is 7. The predicted molar refractivity (Wildman–Crippen MR) is 200 cm³/mol. The number of anilines is 3. The molecule has 10 aromatic rings. The molecule has 3 heterocycles. The number of rotatable bonds is 5. The second-order valence-corrected chi connectivity index (χ2v) is 12.2. The van der Waals surface area contributed by atoms with Crippen molar-refractivity contribution in [3.8, 4) is 22.6 Å². The standard InChI is InChI=1S/C44H27N3O2/c1-4-14-28(15-5-1)40-43-41(34-22-12-13-23-38(34)49-43)46-44(45-40)37-27-36-35-26-31(24-25-39(35)48-42(36)33-21-11-10-20-32(33)37)47(29-16-6-2-7-17-29)30-18-8-3-9-19-30/h1-27H. The molecule has 0 saturated carbocycles. The molecule has 0 bridgehead atoms. The van der Waals surface area contributed by atoms with Crippen LogP contribution >= 0.6 is 0 Å². The zero-order chi connectivity index (χ0) is 32.3. The number of nitrogens with zero attached hydrogens (tertiary/aromatic N) is 3. The Morgan fingerprint density at radius 2 is 1.00 bits per heavy atom. The third kappa shape index (κ3) is 4.40. The van der Waals surface area contributed by atoms with Crippen molar-refractivity contribution in [1.82, 2.24) is 9.97 Å². The number of furan rings is 2. The molecule has 0 aliphatic carbocycles. The van der Waals surface area contributed by atoms with Gasteiger partial charge in [0.2, 0.25) is 0 Å². The molecule has 0 aliphatic rings. The number of hydrogen-bond donors (Lipinski definition) is 0. The first-order chi connectivity index (χ1) is 24.3. The lowest BCUT2D eigenvalue weighted by Gasteiger charge is -2.25. The predicted octanol–water partition coefficient (Wildman–Crippen LogP) is 12.2. The molecule has 230 valence electrons. The fourth-order valence-electron chi connectivity index (χ4n) is 7.01. The minimum Gasteiger partial charge on any atom is -0.455 e. The molecule has 0 aliphatic heterocycles. The van der Waals surface area contributed by atoms with Crippen LogP contribution in [0.1, 0.15) is 0 Å². The van der Waals surface area contributed by atoms with Gasteiger partial charge in [0.15, 0.2) is 11.4 Å². The van der Waals surface area contributed by atoms with Crippen LogP contribution in [0.25, 0.3) is 77.4 Å². The summed E-state index contributed by atoms with van der Waals surface area (Å²) in [6.45, 7) is 0. The molecule has 10 rings (SSSR count). The molecule has 0 spiro atoms. The average Bonchev–Trinajstić information content (AvgIpc) is 3.74. The van der Waals surface area contributed by atoms with Crippen molar-refractivity contribution in [3.05, 3.63) is 164 Å². The van der Waals surface area contributed by atoms with E-state index in [0.29, 0.717) is 11.4 Å². The lowest BCUT2D eigenvalue weighted by atomic mass is 9.99. The Labute approximate surface area is 281 Å². The van der Waals surface area contributed by atoms with Gasteiger partial charge in [-0.3, -0.25) is 0 Å². The van der Waals surface area contributed by atoms with Crippen LogP contribution in [0.4, 0.5) is 17.1 Å². The van der Waals surface area contributed by atoms with E-state index in [1.54, 1.807) is 0 Å². The third-order valence-corrected chi connectivity index (χ3v) is 9.26. The SMILES string of the molecule is c1ccc(-c2nc(-c3cc4c5cc(N(c6ccccc6)c6ccccc6)ccc5oc4c4ccccc34)nc3c2oc2ccccc23)cc1. The van der Waals surface area contributed by atoms with Crippen molar-refractivity contribution in [2.24, 2.45) is 0 Å². The van der Waals surface area contributed by atoms with Crippen molar-refractivity contribution in [3.63, 3.8) is 0 Å². The van der Waals surface area contributed by atoms with Crippen LogP contribution in [-0.2, 0) is 0 Å². The smallest absolute Gasteiger partial charge is 0.180 e. The van der Waals surface area contributed by atoms with Gasteiger partial charge in [-0.1, -0.05) is 103 Å². The van der Waals surface area contributed by atoms with Crippen LogP contribution in [0, 0.1) is 0 Å². The Kier molecular flexibility index (Phi) is 6.11. The zero-order valence-corrected chi connectivity index (χ0v) is 26.2. The Morgan fingerprint density at radius 1 is 0.408 bits per heavy atom. The monoisotopic (exact) mass is 629 g/mol. The minimum absolute atomic E-state index is 0.636. The Morgan fingerprint density at radius 3 is 1.73 bits per heavy atom. The highest BCUT2D eigenvalue weighted by Gasteiger charge is 2.22. The highest BCUT2D eigenvalue weighted by molar-refractivity contribution is 6.19. The van der Waals surface area contributed by atoms with E-state index in [2.05, 4.69) is 120 Å². The molecule has 49 heavy (non-hydrogen) atoms. The van der Waals surface area contributed by atoms with Crippen LogP contribution < -0.4 is 4.90 Å². The van der Waals surface area contributed by atoms with Gasteiger partial charge in [0, 0.05) is 49.7 Å². The molecule has 5 nitrogen and oxygen atoms in total. The van der Waals surface area contributed by atoms with E-state index < -0.39 is 0 Å². The summed E-state index contributed by atoms with van der Waals surface area (Å²) in [5, 5.41) is 5.03. The van der Waals surface area contributed by atoms with Crippen molar-refractivity contribution in [1.29, 1.82) is 0 Å². The first-order valence-corrected chi connectivity index (χ1v) is 16.3. The Balaban J connectivity index is 1.25. The summed E-state index contributed by atoms with van der Waals surface area (Å²) in [5.74, 6) is 0.636. The number of aromatic nitrogens is 2. The first kappa shape index (κ1) is 27.4. The quantitative estimate of drug-likeness (QED) is 0.190. The van der Waals surface area contributed by atoms with Crippen LogP contribution in [-0.4, -0.2) is 9.97 Å². The highest BCUT2D eigenvalue weighted by Crippen LogP contribution is 2.43. The van der Waals surface area contributed by atoms with Gasteiger partial charge in [-0.15, -0.1) is 0 Å². The van der Waals surface area contributed by atoms with Crippen molar-refractivity contribution < 1.29 is 8.83 Å². The number of para-hydroxylation sites is 3. The van der Waals surface area contributed by atoms with Gasteiger partial charge < -0.3 is 13.7 Å². The Hall–Kier alpha value is -6.72. The largest absolute Gasteiger partial charge is 0.455 e. The van der Waals surface area contributed by atoms with E-state index in [1.165, 1.54) is 0 Å². The summed E-state index contributed by atoms with van der Waals surface area (Å²) in [5.41, 5.74) is 9.80. The van der Waals surface area contributed by atoms with E-state index in [1.807, 2.05) is 48.5 Å². The summed E-state index contributed by atoms with van der Waals surface area (Å²) in [7, 11) is 0. The lowest BCUT2D eigenvalue weighted by molar-refractivity contribution is 0.667. The molecule has 0 atom stereocenters. The molecule has 0 saturated heterocycles. The summed E-state index contributed by atoms with van der Waals surface area (Å²) in [6.07, 6.45) is 0. The maximum atomic E-state index is 6.64. The van der Waals surface area contributed by atoms with E-state index in [9.17, 15) is 0 Å². The first-order valence-electron chi connectivity index (χ1n) is 16.3. The van der Waals surface area contributed by atoms with Gasteiger partial charge in [-0.05, 0) is 66.0 Å². The van der Waals surface area contributed by atoms with E-state index >= 15 is 0 Å². The van der Waals surface area contributed by atoms with Crippen LogP contribution in [0.3, 0.4) is 0 Å². The Bertz CT molecular complexity index is 2780. The van der Waals surface area contributed by atoms with Crippen molar-refractivity contribution in [2.75, 3.05) is 4.90 Å². The molecule has 0 N–H and O–H groups in total. The van der Waals surface area contributed by atoms with Crippen LogP contribution in [0.5, 0.6) is 0 Å². The van der Waals surface area contributed by atoms with E-state index in [4.69, 9.17) is 18.8 Å². The number of fused-ring (bicyclic) bond motifs is 8. The molecule has 0 unspecified atom stereocenters. The summed E-state index contributed by atoms with van der Waals surface area (Å²) in [6, 6.07) is 56.1. The molecular formula is C44H27N3O2. The third-order valence-electron chi connectivity index (χ3n) is 9.26. The zero-order valence-electron chi connectivity index (χ0n) is 26.2. The van der Waals surface area contributed by atoms with E-state index in [-0.39, 0.29) is 0 Å². The summed E-state index contributed by atoms with van der Waals surface area (Å²) >= 11 is 0. The van der Waals surface area contributed by atoms with Crippen LogP contribution in [0.15, 0.2) is 173 Å². The van der Waals surface area contributed by atoms with Gasteiger partial charge in [0.25, 0.3) is 0 Å². The normalized spacial score (nSPS) is 11.7. The maximum absolute atomic E-state index is 6.64. The minimum atomic E-state index is 0.636. The maximum Gasteiger partial charge on any atom is 0.180 e. The summed E-state index contributed by atoms with van der Waals surface area (Å²) in [4.78, 5) is 12.7. The lowest BCUT2D eigenvalue weighted by Crippen LogP contribution is -2.09. The topological polar surface area (TPSA) is 55.3 Å². The molecule has 5 heteroatoms. The van der Waals surface area contributed by atoms with Gasteiger partial charge >= 0.3 is 0 Å². The van der Waals surface area contributed by atoms with Gasteiger partial charge in [-0.25, -0.2) is 9.97 Å². The second-order valence-electron chi connectivity index (χ2n) is 12.2. The van der Waals surface area contributed by atoms with Gasteiger partial charge in [0.1, 0.15) is 28.0 Å². The van der Waals surface area contributed by atoms with Crippen LogP contribution in [0.2, 0.25) is 0 Å². The van der Waals surface area contributed by atoms with Gasteiger partial charge in [0.05, 0.1) is 0 Å². The molecule has 0 amide bonds. The highest BCUT2D eigenvalue weighted by atomic mass is 16.3. The molecule has 0 radical (unpaired) electrons. The van der Waals surface area contributed by atoms with Crippen molar-refractivity contribution in [2.45, 2.75) is 0 Å². The summed E-state index contributed by atoms with van der Waals surface area (Å²) < 4.78 is 13.0. The average molecular weight is 630 g/mol. The molecule has 7 aromatic carbocycles. The fourth-order valence-corrected chi connectivity index (χ4v) is 7.01. The molecular weight excluding hydrogens is 603 g/mol. The fraction of sp³-hybridized carbons (Fsp3) is 0. The van der Waals surface area contributed by atoms with E-state index in [0.717, 1.165) is 83.1 Å². The van der Waals surface area contributed by atoms with Gasteiger partial charge in [-0.2, -0.15) is 0 Å². The number of hydrogen-bond acceptors (Lipinski definition) is 5. The van der Waals surface area contributed by atoms with Crippen molar-refractivity contribution >= 4 is 71.8 Å².